The molecule has 31 heavy (non-hydrogen) atoms. The maximum Gasteiger partial charge on any atom is 0.258 e. The second-order valence-corrected chi connectivity index (χ2v) is 8.90. The van der Waals surface area contributed by atoms with Crippen LogP contribution in [-0.2, 0) is 11.3 Å². The van der Waals surface area contributed by atoms with E-state index in [4.69, 9.17) is 9.72 Å². The highest BCUT2D eigenvalue weighted by Gasteiger charge is 2.23. The molecule has 2 unspecified atom stereocenters. The normalized spacial score (nSPS) is 18.7. The van der Waals surface area contributed by atoms with Gasteiger partial charge in [-0.2, -0.15) is 0 Å². The van der Waals surface area contributed by atoms with Crippen molar-refractivity contribution in [3.8, 4) is 5.75 Å². The van der Waals surface area contributed by atoms with Crippen LogP contribution < -0.4 is 15.0 Å². The Morgan fingerprint density at radius 3 is 2.55 bits per heavy atom. The topological polar surface area (TPSA) is 54.5 Å². The summed E-state index contributed by atoms with van der Waals surface area (Å²) in [5.74, 6) is 2.79. The Balaban J connectivity index is 1.43. The van der Waals surface area contributed by atoms with Crippen LogP contribution in [0.4, 0.5) is 5.82 Å². The van der Waals surface area contributed by atoms with Crippen molar-refractivity contribution in [3.63, 3.8) is 0 Å². The van der Waals surface area contributed by atoms with Gasteiger partial charge in [-0.25, -0.2) is 4.98 Å². The number of nitrogens with one attached hydrogen (secondary N) is 1. The number of carbonyl (C=O) groups is 1. The third-order valence-corrected chi connectivity index (χ3v) is 5.83. The molecule has 0 spiro atoms. The maximum atomic E-state index is 12.3. The molecule has 1 aromatic heterocycles. The van der Waals surface area contributed by atoms with Gasteiger partial charge in [-0.1, -0.05) is 55.8 Å². The van der Waals surface area contributed by atoms with Gasteiger partial charge < -0.3 is 15.0 Å². The number of anilines is 1. The van der Waals surface area contributed by atoms with Gasteiger partial charge in [0.1, 0.15) is 17.1 Å². The molecule has 3 aromatic rings. The third kappa shape index (κ3) is 5.35. The number of aromatic nitrogens is 1. The minimum atomic E-state index is -0.146. The third-order valence-electron chi connectivity index (χ3n) is 5.83. The van der Waals surface area contributed by atoms with Crippen molar-refractivity contribution in [2.24, 2.45) is 11.8 Å². The summed E-state index contributed by atoms with van der Waals surface area (Å²) in [6.45, 7) is 9.15. The first-order valence-corrected chi connectivity index (χ1v) is 11.1. The van der Waals surface area contributed by atoms with Crippen LogP contribution in [0.3, 0.4) is 0 Å². The second-order valence-electron chi connectivity index (χ2n) is 8.90. The molecule has 2 heterocycles. The largest absolute Gasteiger partial charge is 0.481 e. The Morgan fingerprint density at radius 2 is 1.81 bits per heavy atom. The number of aryl methyl sites for hydroxylation is 1. The van der Waals surface area contributed by atoms with Gasteiger partial charge in [0, 0.05) is 25.0 Å². The molecule has 1 aliphatic rings. The molecule has 1 amide bonds. The number of nitrogens with zero attached hydrogens (tertiary/aromatic N) is 2. The number of hydrogen-bond donors (Lipinski definition) is 1. The minimum Gasteiger partial charge on any atom is -0.481 e. The van der Waals surface area contributed by atoms with Gasteiger partial charge in [-0.15, -0.1) is 0 Å². The smallest absolute Gasteiger partial charge is 0.258 e. The van der Waals surface area contributed by atoms with Crippen LogP contribution in [0, 0.1) is 18.8 Å². The Morgan fingerprint density at radius 1 is 1.06 bits per heavy atom. The van der Waals surface area contributed by atoms with Crippen molar-refractivity contribution in [3.05, 3.63) is 65.7 Å². The molecule has 5 heteroatoms. The molecule has 1 aliphatic heterocycles. The first-order valence-electron chi connectivity index (χ1n) is 11.1. The number of pyridine rings is 1. The van der Waals surface area contributed by atoms with Crippen molar-refractivity contribution in [2.45, 2.75) is 33.7 Å². The van der Waals surface area contributed by atoms with Crippen LogP contribution in [0.25, 0.3) is 10.9 Å². The Hall–Kier alpha value is -3.08. The molecule has 5 nitrogen and oxygen atoms in total. The average Bonchev–Trinajstić information content (AvgIpc) is 2.76. The SMILES string of the molecule is Cc1ccc(CNC(=O)COc2cccc3ccc(N4CC(C)CC(C)C4)nc23)cc1. The van der Waals surface area contributed by atoms with Gasteiger partial charge in [-0.05, 0) is 48.9 Å². The molecule has 0 radical (unpaired) electrons. The highest BCUT2D eigenvalue weighted by Crippen LogP contribution is 2.29. The standard InChI is InChI=1S/C26H31N3O2/c1-18-7-9-21(10-8-18)14-27-25(30)17-31-23-6-4-5-22-11-12-24(28-26(22)23)29-15-19(2)13-20(3)16-29/h4-12,19-20H,13-17H2,1-3H3,(H,27,30). The Bertz CT molecular complexity index is 1040. The van der Waals surface area contributed by atoms with E-state index in [1.54, 1.807) is 0 Å². The number of piperidine rings is 1. The van der Waals surface area contributed by atoms with E-state index in [0.29, 0.717) is 24.1 Å². The van der Waals surface area contributed by atoms with Gasteiger partial charge in [-0.3, -0.25) is 4.79 Å². The lowest BCUT2D eigenvalue weighted by Crippen LogP contribution is -2.39. The van der Waals surface area contributed by atoms with Crippen LogP contribution >= 0.6 is 0 Å². The van der Waals surface area contributed by atoms with E-state index in [0.717, 1.165) is 35.4 Å². The Labute approximate surface area is 184 Å². The van der Waals surface area contributed by atoms with E-state index >= 15 is 0 Å². The van der Waals surface area contributed by atoms with Crippen LogP contribution in [0.1, 0.15) is 31.4 Å². The zero-order valence-corrected chi connectivity index (χ0v) is 18.6. The predicted octanol–water partition coefficient (Wildman–Crippen LogP) is 4.72. The van der Waals surface area contributed by atoms with Gasteiger partial charge in [0.2, 0.25) is 0 Å². The monoisotopic (exact) mass is 417 g/mol. The van der Waals surface area contributed by atoms with Gasteiger partial charge in [0.15, 0.2) is 6.61 Å². The van der Waals surface area contributed by atoms with E-state index in [-0.39, 0.29) is 12.5 Å². The van der Waals surface area contributed by atoms with Crippen LogP contribution in [0.5, 0.6) is 5.75 Å². The summed E-state index contributed by atoms with van der Waals surface area (Å²) in [5.41, 5.74) is 3.08. The fourth-order valence-electron chi connectivity index (χ4n) is 4.35. The summed E-state index contributed by atoms with van der Waals surface area (Å²) in [5, 5.41) is 3.93. The summed E-state index contributed by atoms with van der Waals surface area (Å²) >= 11 is 0. The summed E-state index contributed by atoms with van der Waals surface area (Å²) < 4.78 is 5.88. The summed E-state index contributed by atoms with van der Waals surface area (Å²) in [4.78, 5) is 19.6. The van der Waals surface area contributed by atoms with Crippen molar-refractivity contribution < 1.29 is 9.53 Å². The quantitative estimate of drug-likeness (QED) is 0.630. The number of fused-ring (bicyclic) bond motifs is 1. The number of amides is 1. The molecule has 2 aromatic carbocycles. The number of rotatable bonds is 6. The zero-order chi connectivity index (χ0) is 21.8. The van der Waals surface area contributed by atoms with E-state index in [9.17, 15) is 4.79 Å². The first kappa shape index (κ1) is 21.2. The number of hydrogen-bond acceptors (Lipinski definition) is 4. The van der Waals surface area contributed by atoms with Crippen LogP contribution in [-0.4, -0.2) is 30.6 Å². The van der Waals surface area contributed by atoms with Crippen LogP contribution in [0.15, 0.2) is 54.6 Å². The van der Waals surface area contributed by atoms with E-state index in [1.807, 2.05) is 49.4 Å². The lowest BCUT2D eigenvalue weighted by Gasteiger charge is -2.35. The lowest BCUT2D eigenvalue weighted by atomic mass is 9.92. The van der Waals surface area contributed by atoms with Crippen molar-refractivity contribution in [1.29, 1.82) is 0 Å². The fourth-order valence-corrected chi connectivity index (χ4v) is 4.35. The molecule has 4 rings (SSSR count). The number of ether oxygens (including phenoxy) is 1. The minimum absolute atomic E-state index is 0.0331. The first-order chi connectivity index (χ1) is 15.0. The second kappa shape index (κ2) is 9.38. The molecular weight excluding hydrogens is 386 g/mol. The zero-order valence-electron chi connectivity index (χ0n) is 18.6. The molecule has 0 bridgehead atoms. The molecule has 0 aliphatic carbocycles. The number of benzene rings is 2. The van der Waals surface area contributed by atoms with Crippen molar-refractivity contribution in [2.75, 3.05) is 24.6 Å². The summed E-state index contributed by atoms with van der Waals surface area (Å²) in [7, 11) is 0. The Kier molecular flexibility index (Phi) is 6.40. The molecule has 162 valence electrons. The number of para-hydroxylation sites is 1. The molecule has 2 atom stereocenters. The molecule has 0 saturated carbocycles. The molecule has 1 saturated heterocycles. The molecular formula is C26H31N3O2. The maximum absolute atomic E-state index is 12.3. The summed E-state index contributed by atoms with van der Waals surface area (Å²) in [6, 6.07) is 18.2. The van der Waals surface area contributed by atoms with Gasteiger partial charge >= 0.3 is 0 Å². The van der Waals surface area contributed by atoms with Gasteiger partial charge in [0.05, 0.1) is 0 Å². The number of carbonyl (C=O) groups excluding carboxylic acids is 1. The van der Waals surface area contributed by atoms with Gasteiger partial charge in [0.25, 0.3) is 5.91 Å². The van der Waals surface area contributed by atoms with E-state index in [1.165, 1.54) is 12.0 Å². The predicted molar refractivity (Wildman–Crippen MR) is 125 cm³/mol. The fraction of sp³-hybridized carbons (Fsp3) is 0.385. The summed E-state index contributed by atoms with van der Waals surface area (Å²) in [6.07, 6.45) is 1.26. The highest BCUT2D eigenvalue weighted by atomic mass is 16.5. The highest BCUT2D eigenvalue weighted by molar-refractivity contribution is 5.86. The van der Waals surface area contributed by atoms with E-state index in [2.05, 4.69) is 36.2 Å². The van der Waals surface area contributed by atoms with Crippen molar-refractivity contribution >= 4 is 22.6 Å². The molecule has 1 N–H and O–H groups in total. The molecule has 1 fully saturated rings. The van der Waals surface area contributed by atoms with E-state index < -0.39 is 0 Å². The van der Waals surface area contributed by atoms with Crippen LogP contribution in [0.2, 0.25) is 0 Å². The average molecular weight is 418 g/mol. The lowest BCUT2D eigenvalue weighted by molar-refractivity contribution is -0.123. The van der Waals surface area contributed by atoms with Crippen molar-refractivity contribution in [1.82, 2.24) is 10.3 Å².